The van der Waals surface area contributed by atoms with Gasteiger partial charge in [-0.1, -0.05) is 0 Å². The average molecular weight is 447 g/mol. The Morgan fingerprint density at radius 1 is 0.938 bits per heavy atom. The number of rotatable bonds is 5. The fourth-order valence-corrected chi connectivity index (χ4v) is 5.76. The van der Waals surface area contributed by atoms with Crippen LogP contribution >= 0.6 is 0 Å². The van der Waals surface area contributed by atoms with Crippen LogP contribution in [0.5, 0.6) is 0 Å². The normalized spacial score (nSPS) is 27.0. The molecule has 2 saturated heterocycles. The number of ether oxygens (including phenoxy) is 1. The van der Waals surface area contributed by atoms with Gasteiger partial charge in [0, 0.05) is 44.6 Å². The van der Waals surface area contributed by atoms with E-state index in [1.54, 1.807) is 0 Å². The number of fused-ring (bicyclic) bond motifs is 1. The Labute approximate surface area is 186 Å². The van der Waals surface area contributed by atoms with Crippen LogP contribution in [-0.4, -0.2) is 52.9 Å². The van der Waals surface area contributed by atoms with Gasteiger partial charge in [-0.25, -0.2) is 0 Å². The maximum absolute atomic E-state index is 12.7. The molecule has 3 aliphatic rings. The predicted octanol–water partition coefficient (Wildman–Crippen LogP) is 4.48. The highest BCUT2D eigenvalue weighted by atomic mass is 19.4. The summed E-state index contributed by atoms with van der Waals surface area (Å²) in [4.78, 5) is 6.18. The fraction of sp³-hybridized carbons (Fsp3) is 0.625. The van der Waals surface area contributed by atoms with Crippen LogP contribution in [0.4, 0.5) is 13.2 Å². The summed E-state index contributed by atoms with van der Waals surface area (Å²) in [7, 11) is 0. The van der Waals surface area contributed by atoms with Gasteiger partial charge in [-0.05, 0) is 80.0 Å². The minimum atomic E-state index is -4.44. The first-order valence-electron chi connectivity index (χ1n) is 11.6. The standard InChI is InChI=1S/C24H29F3N4O/c25-24(26,27)23-4-1-18(12-28-23)22-3-2-21(29-30-22)11-17-9-19-14-31(15-20(19)10-17)13-16-5-7-32-8-6-16/h1-4,12,16-17,19-20H,5-11,13-15H2/t17?,19-,20+. The Morgan fingerprint density at radius 2 is 1.69 bits per heavy atom. The first-order chi connectivity index (χ1) is 15.4. The molecule has 0 amide bonds. The van der Waals surface area contributed by atoms with Gasteiger partial charge in [0.15, 0.2) is 0 Å². The van der Waals surface area contributed by atoms with Crippen molar-refractivity contribution in [2.24, 2.45) is 23.7 Å². The van der Waals surface area contributed by atoms with Crippen LogP contribution in [0.2, 0.25) is 0 Å². The van der Waals surface area contributed by atoms with Crippen LogP contribution in [0.15, 0.2) is 30.5 Å². The van der Waals surface area contributed by atoms with Crippen molar-refractivity contribution < 1.29 is 17.9 Å². The number of hydrogen-bond donors (Lipinski definition) is 0. The summed E-state index contributed by atoms with van der Waals surface area (Å²) in [5, 5.41) is 8.60. The van der Waals surface area contributed by atoms with Crippen LogP contribution in [-0.2, 0) is 17.3 Å². The second kappa shape index (κ2) is 9.06. The lowest BCUT2D eigenvalue weighted by Gasteiger charge is -2.27. The molecule has 172 valence electrons. The minimum Gasteiger partial charge on any atom is -0.381 e. The third-order valence-corrected chi connectivity index (χ3v) is 7.35. The van der Waals surface area contributed by atoms with Crippen LogP contribution in [0.3, 0.4) is 0 Å². The van der Waals surface area contributed by atoms with Crippen molar-refractivity contribution in [3.05, 3.63) is 41.9 Å². The predicted molar refractivity (Wildman–Crippen MR) is 114 cm³/mol. The van der Waals surface area contributed by atoms with E-state index in [1.165, 1.54) is 57.6 Å². The fourth-order valence-electron chi connectivity index (χ4n) is 5.76. The van der Waals surface area contributed by atoms with E-state index in [4.69, 9.17) is 4.74 Å². The molecule has 32 heavy (non-hydrogen) atoms. The second-order valence-corrected chi connectivity index (χ2v) is 9.68. The number of alkyl halides is 3. The molecule has 2 aliphatic heterocycles. The van der Waals surface area contributed by atoms with Gasteiger partial charge < -0.3 is 9.64 Å². The smallest absolute Gasteiger partial charge is 0.381 e. The monoisotopic (exact) mass is 446 g/mol. The molecule has 2 aromatic heterocycles. The van der Waals surface area contributed by atoms with E-state index < -0.39 is 11.9 Å². The number of pyridine rings is 1. The molecule has 3 fully saturated rings. The van der Waals surface area contributed by atoms with Crippen molar-refractivity contribution in [2.45, 2.75) is 38.3 Å². The van der Waals surface area contributed by atoms with Crippen molar-refractivity contribution >= 4 is 0 Å². The maximum atomic E-state index is 12.7. The third-order valence-electron chi connectivity index (χ3n) is 7.35. The molecule has 2 aromatic rings. The van der Waals surface area contributed by atoms with E-state index in [-0.39, 0.29) is 0 Å². The number of hydrogen-bond acceptors (Lipinski definition) is 5. The molecule has 0 aromatic carbocycles. The Hall–Kier alpha value is -2.06. The molecule has 4 heterocycles. The summed E-state index contributed by atoms with van der Waals surface area (Å²) >= 11 is 0. The van der Waals surface area contributed by atoms with E-state index in [9.17, 15) is 13.2 Å². The molecule has 5 rings (SSSR count). The summed E-state index contributed by atoms with van der Waals surface area (Å²) in [6.07, 6.45) is 2.59. The molecule has 1 unspecified atom stereocenters. The Morgan fingerprint density at radius 3 is 2.28 bits per heavy atom. The van der Waals surface area contributed by atoms with Crippen molar-refractivity contribution in [1.29, 1.82) is 0 Å². The highest BCUT2D eigenvalue weighted by Crippen LogP contribution is 2.43. The molecular weight excluding hydrogens is 417 g/mol. The van der Waals surface area contributed by atoms with E-state index in [0.717, 1.165) is 49.1 Å². The average Bonchev–Trinajstić information content (AvgIpc) is 3.32. The van der Waals surface area contributed by atoms with Crippen LogP contribution in [0.25, 0.3) is 11.3 Å². The van der Waals surface area contributed by atoms with Gasteiger partial charge in [0.25, 0.3) is 0 Å². The quantitative estimate of drug-likeness (QED) is 0.678. The summed E-state index contributed by atoms with van der Waals surface area (Å²) < 4.78 is 43.5. The highest BCUT2D eigenvalue weighted by molar-refractivity contribution is 5.57. The van der Waals surface area contributed by atoms with E-state index >= 15 is 0 Å². The molecule has 0 bridgehead atoms. The lowest BCUT2D eigenvalue weighted by molar-refractivity contribution is -0.141. The Kier molecular flexibility index (Phi) is 6.16. The summed E-state index contributed by atoms with van der Waals surface area (Å²) in [5.41, 5.74) is 1.14. The summed E-state index contributed by atoms with van der Waals surface area (Å²) in [5.74, 6) is 3.03. The van der Waals surface area contributed by atoms with Gasteiger partial charge in [-0.2, -0.15) is 23.4 Å². The first-order valence-corrected chi connectivity index (χ1v) is 11.6. The molecule has 1 saturated carbocycles. The molecule has 5 nitrogen and oxygen atoms in total. The summed E-state index contributed by atoms with van der Waals surface area (Å²) in [6.45, 7) is 5.52. The molecule has 1 aliphatic carbocycles. The molecular formula is C24H29F3N4O. The van der Waals surface area contributed by atoms with Gasteiger partial charge in [0.2, 0.25) is 0 Å². The van der Waals surface area contributed by atoms with Crippen LogP contribution < -0.4 is 0 Å². The number of halogens is 3. The molecule has 8 heteroatoms. The Bertz CT molecular complexity index is 883. The van der Waals surface area contributed by atoms with Crippen LogP contribution in [0.1, 0.15) is 37.1 Å². The number of aromatic nitrogens is 3. The lowest BCUT2D eigenvalue weighted by atomic mass is 9.98. The van der Waals surface area contributed by atoms with E-state index in [1.807, 2.05) is 12.1 Å². The molecule has 0 spiro atoms. The Balaban J connectivity index is 1.12. The van der Waals surface area contributed by atoms with Gasteiger partial charge >= 0.3 is 6.18 Å². The molecule has 0 radical (unpaired) electrons. The zero-order chi connectivity index (χ0) is 22.1. The van der Waals surface area contributed by atoms with Gasteiger partial charge in [0.05, 0.1) is 11.4 Å². The SMILES string of the molecule is FC(F)(F)c1ccc(-c2ccc(CC3C[C@@H]4CN(CC5CCOCC5)C[C@@H]4C3)nn2)cn1. The molecule has 0 N–H and O–H groups in total. The van der Waals surface area contributed by atoms with Crippen molar-refractivity contribution in [1.82, 2.24) is 20.1 Å². The summed E-state index contributed by atoms with van der Waals surface area (Å²) in [6, 6.07) is 6.15. The zero-order valence-electron chi connectivity index (χ0n) is 18.1. The van der Waals surface area contributed by atoms with Crippen molar-refractivity contribution in [3.63, 3.8) is 0 Å². The van der Waals surface area contributed by atoms with Gasteiger partial charge in [-0.3, -0.25) is 4.98 Å². The topological polar surface area (TPSA) is 51.1 Å². The van der Waals surface area contributed by atoms with E-state index in [0.29, 0.717) is 17.2 Å². The lowest BCUT2D eigenvalue weighted by Crippen LogP contribution is -2.31. The minimum absolute atomic E-state index is 0.539. The highest BCUT2D eigenvalue weighted by Gasteiger charge is 2.41. The number of nitrogens with zero attached hydrogens (tertiary/aromatic N) is 4. The first kappa shape index (κ1) is 21.8. The molecule has 3 atom stereocenters. The maximum Gasteiger partial charge on any atom is 0.433 e. The van der Waals surface area contributed by atoms with Crippen molar-refractivity contribution in [2.75, 3.05) is 32.8 Å². The van der Waals surface area contributed by atoms with Gasteiger partial charge in [0.1, 0.15) is 5.69 Å². The van der Waals surface area contributed by atoms with Gasteiger partial charge in [-0.15, -0.1) is 0 Å². The van der Waals surface area contributed by atoms with Crippen LogP contribution in [0, 0.1) is 23.7 Å². The van der Waals surface area contributed by atoms with Crippen molar-refractivity contribution in [3.8, 4) is 11.3 Å². The zero-order valence-corrected chi connectivity index (χ0v) is 18.1. The number of likely N-dealkylation sites (tertiary alicyclic amines) is 1. The second-order valence-electron chi connectivity index (χ2n) is 9.68. The van der Waals surface area contributed by atoms with E-state index in [2.05, 4.69) is 20.1 Å². The largest absolute Gasteiger partial charge is 0.433 e. The third kappa shape index (κ3) is 4.96.